The van der Waals surface area contributed by atoms with Crippen molar-refractivity contribution in [1.29, 1.82) is 0 Å². The average molecular weight is 327 g/mol. The lowest BCUT2D eigenvalue weighted by atomic mass is 10.0. The monoisotopic (exact) mass is 327 g/mol. The van der Waals surface area contributed by atoms with E-state index in [9.17, 15) is 4.79 Å². The molecule has 2 aromatic carbocycles. The zero-order valence-electron chi connectivity index (χ0n) is 14.4. The first-order valence-corrected chi connectivity index (χ1v) is 8.33. The standard InChI is InChI=1S/C19H25N3O2/c1-21-9-10-22(12-15(11-21)19(20)23)13-17-16-6-4-3-5-14(16)7-8-18(17)24-2/h3-8,15H,9-13H2,1-2H3,(H2,20,23). The van der Waals surface area contributed by atoms with E-state index in [1.54, 1.807) is 7.11 Å². The Balaban J connectivity index is 1.92. The van der Waals surface area contributed by atoms with Crippen molar-refractivity contribution in [2.24, 2.45) is 11.7 Å². The van der Waals surface area contributed by atoms with E-state index < -0.39 is 0 Å². The van der Waals surface area contributed by atoms with Gasteiger partial charge in [-0.3, -0.25) is 9.69 Å². The Hall–Kier alpha value is -2.11. The SMILES string of the molecule is COc1ccc2ccccc2c1CN1CCN(C)CC(C(N)=O)C1. The maximum absolute atomic E-state index is 11.7. The highest BCUT2D eigenvalue weighted by atomic mass is 16.5. The van der Waals surface area contributed by atoms with E-state index in [2.05, 4.69) is 28.0 Å². The number of hydrogen-bond donors (Lipinski definition) is 1. The summed E-state index contributed by atoms with van der Waals surface area (Å²) in [6.45, 7) is 4.00. The molecule has 1 amide bonds. The number of amides is 1. The number of carbonyl (C=O) groups excluding carboxylic acids is 1. The van der Waals surface area contributed by atoms with Crippen LogP contribution in [-0.4, -0.2) is 56.0 Å². The summed E-state index contributed by atoms with van der Waals surface area (Å²) >= 11 is 0. The number of methoxy groups -OCH3 is 1. The third kappa shape index (κ3) is 3.52. The summed E-state index contributed by atoms with van der Waals surface area (Å²) < 4.78 is 5.59. The number of nitrogens with two attached hydrogens (primary N) is 1. The first-order chi connectivity index (χ1) is 11.6. The molecule has 1 aliphatic heterocycles. The number of ether oxygens (including phenoxy) is 1. The lowest BCUT2D eigenvalue weighted by Gasteiger charge is -2.24. The van der Waals surface area contributed by atoms with Crippen LogP contribution in [0.1, 0.15) is 5.56 Å². The molecule has 2 N–H and O–H groups in total. The smallest absolute Gasteiger partial charge is 0.223 e. The molecule has 2 aromatic rings. The molecule has 0 bridgehead atoms. The van der Waals surface area contributed by atoms with E-state index in [-0.39, 0.29) is 11.8 Å². The van der Waals surface area contributed by atoms with Gasteiger partial charge in [-0.2, -0.15) is 0 Å². The van der Waals surface area contributed by atoms with Crippen LogP contribution in [0.2, 0.25) is 0 Å². The van der Waals surface area contributed by atoms with Crippen molar-refractivity contribution in [2.45, 2.75) is 6.54 Å². The van der Waals surface area contributed by atoms with Crippen LogP contribution in [0, 0.1) is 5.92 Å². The molecule has 0 radical (unpaired) electrons. The second-order valence-corrected chi connectivity index (χ2v) is 6.56. The quantitative estimate of drug-likeness (QED) is 0.928. The molecule has 1 aliphatic rings. The molecular weight excluding hydrogens is 302 g/mol. The van der Waals surface area contributed by atoms with Crippen LogP contribution >= 0.6 is 0 Å². The fraction of sp³-hybridized carbons (Fsp3) is 0.421. The molecule has 128 valence electrons. The second kappa shape index (κ2) is 7.20. The van der Waals surface area contributed by atoms with E-state index in [4.69, 9.17) is 10.5 Å². The molecule has 1 atom stereocenters. The van der Waals surface area contributed by atoms with Gasteiger partial charge in [0, 0.05) is 38.3 Å². The molecule has 0 saturated carbocycles. The van der Waals surface area contributed by atoms with Gasteiger partial charge in [-0.15, -0.1) is 0 Å². The van der Waals surface area contributed by atoms with Crippen molar-refractivity contribution in [1.82, 2.24) is 9.80 Å². The summed E-state index contributed by atoms with van der Waals surface area (Å²) in [5.41, 5.74) is 6.75. The van der Waals surface area contributed by atoms with Gasteiger partial charge in [0.2, 0.25) is 5.91 Å². The Morgan fingerprint density at radius 3 is 2.75 bits per heavy atom. The van der Waals surface area contributed by atoms with Crippen molar-refractivity contribution < 1.29 is 9.53 Å². The lowest BCUT2D eigenvalue weighted by molar-refractivity contribution is -0.122. The number of carbonyl (C=O) groups is 1. The highest BCUT2D eigenvalue weighted by Crippen LogP contribution is 2.29. The molecular formula is C19H25N3O2. The van der Waals surface area contributed by atoms with Gasteiger partial charge in [0.25, 0.3) is 0 Å². The molecule has 0 aromatic heterocycles. The Morgan fingerprint density at radius 1 is 1.21 bits per heavy atom. The number of fused-ring (bicyclic) bond motifs is 1. The number of nitrogens with zero attached hydrogens (tertiary/aromatic N) is 2. The van der Waals surface area contributed by atoms with Gasteiger partial charge in [-0.1, -0.05) is 30.3 Å². The van der Waals surface area contributed by atoms with Crippen LogP contribution < -0.4 is 10.5 Å². The Morgan fingerprint density at radius 2 is 2.00 bits per heavy atom. The van der Waals surface area contributed by atoms with Crippen molar-refractivity contribution in [3.8, 4) is 5.75 Å². The first kappa shape index (κ1) is 16.7. The molecule has 1 heterocycles. The normalized spacial score (nSPS) is 20.0. The molecule has 1 unspecified atom stereocenters. The lowest BCUT2D eigenvalue weighted by Crippen LogP contribution is -2.37. The highest BCUT2D eigenvalue weighted by Gasteiger charge is 2.25. The van der Waals surface area contributed by atoms with Crippen LogP contribution in [0.5, 0.6) is 5.75 Å². The van der Waals surface area contributed by atoms with E-state index in [0.717, 1.165) is 31.9 Å². The van der Waals surface area contributed by atoms with Gasteiger partial charge in [-0.25, -0.2) is 0 Å². The van der Waals surface area contributed by atoms with Crippen LogP contribution in [-0.2, 0) is 11.3 Å². The van der Waals surface area contributed by atoms with Gasteiger partial charge in [-0.05, 0) is 23.9 Å². The minimum atomic E-state index is -0.223. The van der Waals surface area contributed by atoms with Crippen LogP contribution in [0.3, 0.4) is 0 Å². The fourth-order valence-electron chi connectivity index (χ4n) is 3.46. The molecule has 5 nitrogen and oxygen atoms in total. The van der Waals surface area contributed by atoms with Gasteiger partial charge >= 0.3 is 0 Å². The Kier molecular flexibility index (Phi) is 5.02. The van der Waals surface area contributed by atoms with Crippen LogP contribution in [0.15, 0.2) is 36.4 Å². The van der Waals surface area contributed by atoms with Gasteiger partial charge in [0.05, 0.1) is 13.0 Å². The van der Waals surface area contributed by atoms with E-state index >= 15 is 0 Å². The molecule has 0 spiro atoms. The zero-order valence-corrected chi connectivity index (χ0v) is 14.4. The summed E-state index contributed by atoms with van der Waals surface area (Å²) in [7, 11) is 3.74. The number of hydrogen-bond acceptors (Lipinski definition) is 4. The summed E-state index contributed by atoms with van der Waals surface area (Å²) in [5.74, 6) is 0.527. The average Bonchev–Trinajstić information content (AvgIpc) is 2.77. The largest absolute Gasteiger partial charge is 0.496 e. The van der Waals surface area contributed by atoms with E-state index in [1.165, 1.54) is 16.3 Å². The summed E-state index contributed by atoms with van der Waals surface area (Å²) in [4.78, 5) is 16.2. The maximum Gasteiger partial charge on any atom is 0.223 e. The Labute approximate surface area is 143 Å². The topological polar surface area (TPSA) is 58.8 Å². The predicted octanol–water partition coefficient (Wildman–Crippen LogP) is 1.70. The second-order valence-electron chi connectivity index (χ2n) is 6.56. The minimum absolute atomic E-state index is 0.140. The van der Waals surface area contributed by atoms with Gasteiger partial charge < -0.3 is 15.4 Å². The summed E-state index contributed by atoms with van der Waals surface area (Å²) in [6.07, 6.45) is 0. The van der Waals surface area contributed by atoms with Gasteiger partial charge in [0.1, 0.15) is 5.75 Å². The van der Waals surface area contributed by atoms with Crippen molar-refractivity contribution in [2.75, 3.05) is 40.3 Å². The van der Waals surface area contributed by atoms with Crippen LogP contribution in [0.4, 0.5) is 0 Å². The molecule has 5 heteroatoms. The van der Waals surface area contributed by atoms with Crippen molar-refractivity contribution in [3.63, 3.8) is 0 Å². The third-order valence-corrected chi connectivity index (χ3v) is 4.81. The summed E-state index contributed by atoms with van der Waals surface area (Å²) in [5, 5.41) is 2.40. The number of likely N-dealkylation sites (N-methyl/N-ethyl adjacent to an activating group) is 1. The summed E-state index contributed by atoms with van der Waals surface area (Å²) in [6, 6.07) is 12.4. The molecule has 1 fully saturated rings. The number of rotatable bonds is 4. The molecule has 0 aliphatic carbocycles. The third-order valence-electron chi connectivity index (χ3n) is 4.81. The van der Waals surface area contributed by atoms with Crippen molar-refractivity contribution in [3.05, 3.63) is 42.0 Å². The predicted molar refractivity (Wildman–Crippen MR) is 96.0 cm³/mol. The van der Waals surface area contributed by atoms with Crippen LogP contribution in [0.25, 0.3) is 10.8 Å². The molecule has 3 rings (SSSR count). The number of primary amides is 1. The fourth-order valence-corrected chi connectivity index (χ4v) is 3.46. The first-order valence-electron chi connectivity index (χ1n) is 8.33. The van der Waals surface area contributed by atoms with E-state index in [1.807, 2.05) is 25.2 Å². The number of benzene rings is 2. The Bertz CT molecular complexity index is 732. The molecule has 1 saturated heterocycles. The van der Waals surface area contributed by atoms with Gasteiger partial charge in [0.15, 0.2) is 0 Å². The maximum atomic E-state index is 11.7. The zero-order chi connectivity index (χ0) is 17.1. The van der Waals surface area contributed by atoms with Crippen molar-refractivity contribution >= 4 is 16.7 Å². The van der Waals surface area contributed by atoms with E-state index in [0.29, 0.717) is 6.54 Å². The molecule has 24 heavy (non-hydrogen) atoms. The minimum Gasteiger partial charge on any atom is -0.496 e. The highest BCUT2D eigenvalue weighted by molar-refractivity contribution is 5.87.